The molecule has 3 N–H and O–H groups in total. The van der Waals surface area contributed by atoms with Crippen molar-refractivity contribution in [2.45, 2.75) is 20.3 Å². The summed E-state index contributed by atoms with van der Waals surface area (Å²) in [6.07, 6.45) is 4.08. The quantitative estimate of drug-likeness (QED) is 0.358. The number of oxime groups is 1. The van der Waals surface area contributed by atoms with Crippen LogP contribution in [0.4, 0.5) is 0 Å². The van der Waals surface area contributed by atoms with E-state index in [1.807, 2.05) is 19.9 Å². The topological polar surface area (TPSA) is 102 Å². The molecule has 94 valence electrons. The van der Waals surface area contributed by atoms with E-state index in [0.717, 1.165) is 12.1 Å². The molecule has 0 aliphatic heterocycles. The minimum atomic E-state index is -0.0608. The Morgan fingerprint density at radius 2 is 2.28 bits per heavy atom. The Balaban J connectivity index is 2.55. The van der Waals surface area contributed by atoms with Crippen LogP contribution in [0.2, 0.25) is 0 Å². The van der Waals surface area contributed by atoms with Gasteiger partial charge in [-0.05, 0) is 13.3 Å². The van der Waals surface area contributed by atoms with Crippen LogP contribution in [0.15, 0.2) is 23.6 Å². The van der Waals surface area contributed by atoms with Crippen molar-refractivity contribution in [2.75, 3.05) is 0 Å². The third-order valence-electron chi connectivity index (χ3n) is 2.46. The van der Waals surface area contributed by atoms with Gasteiger partial charge in [0, 0.05) is 24.2 Å². The molecule has 0 saturated carbocycles. The maximum Gasteiger partial charge on any atom is 0.206 e. The van der Waals surface area contributed by atoms with Crippen LogP contribution < -0.4 is 5.73 Å². The molecule has 0 fully saturated rings. The third-order valence-corrected chi connectivity index (χ3v) is 2.46. The molecule has 0 bridgehead atoms. The van der Waals surface area contributed by atoms with Crippen LogP contribution in [0.25, 0.3) is 5.82 Å². The Morgan fingerprint density at radius 1 is 1.50 bits per heavy atom. The SMILES string of the molecule is CCc1cc(-n2ccnc2C(N)=NO)nc(C)n1. The molecule has 2 aromatic rings. The van der Waals surface area contributed by atoms with Crippen molar-refractivity contribution in [3.63, 3.8) is 0 Å². The fourth-order valence-corrected chi connectivity index (χ4v) is 1.64. The zero-order valence-electron chi connectivity index (χ0n) is 10.2. The molecule has 2 aromatic heterocycles. The predicted molar refractivity (Wildman–Crippen MR) is 65.8 cm³/mol. The highest BCUT2D eigenvalue weighted by molar-refractivity contribution is 5.94. The second-order valence-corrected chi connectivity index (χ2v) is 3.72. The second-order valence-electron chi connectivity index (χ2n) is 3.72. The summed E-state index contributed by atoms with van der Waals surface area (Å²) in [6.45, 7) is 3.84. The number of aromatic nitrogens is 4. The van der Waals surface area contributed by atoms with Gasteiger partial charge in [-0.3, -0.25) is 4.57 Å². The van der Waals surface area contributed by atoms with E-state index in [1.54, 1.807) is 17.0 Å². The minimum Gasteiger partial charge on any atom is -0.409 e. The van der Waals surface area contributed by atoms with Crippen LogP contribution in [0.5, 0.6) is 0 Å². The Hall–Kier alpha value is -2.44. The molecule has 0 spiro atoms. The molecule has 7 nitrogen and oxygen atoms in total. The lowest BCUT2D eigenvalue weighted by molar-refractivity contribution is 0.318. The lowest BCUT2D eigenvalue weighted by Crippen LogP contribution is -2.19. The largest absolute Gasteiger partial charge is 0.409 e. The van der Waals surface area contributed by atoms with E-state index in [-0.39, 0.29) is 5.84 Å². The molecule has 0 amide bonds. The summed E-state index contributed by atoms with van der Waals surface area (Å²) in [6, 6.07) is 1.85. The molecular weight excluding hydrogens is 232 g/mol. The van der Waals surface area contributed by atoms with Gasteiger partial charge in [0.25, 0.3) is 0 Å². The Kier molecular flexibility index (Phi) is 3.22. The van der Waals surface area contributed by atoms with Crippen molar-refractivity contribution < 1.29 is 5.21 Å². The van der Waals surface area contributed by atoms with Gasteiger partial charge in [0.05, 0.1) is 0 Å². The molecule has 0 radical (unpaired) electrons. The van der Waals surface area contributed by atoms with Crippen LogP contribution in [0.1, 0.15) is 24.3 Å². The molecule has 2 rings (SSSR count). The zero-order valence-corrected chi connectivity index (χ0v) is 10.2. The third kappa shape index (κ3) is 2.15. The van der Waals surface area contributed by atoms with Gasteiger partial charge in [0.2, 0.25) is 5.84 Å². The molecule has 0 aromatic carbocycles. The maximum absolute atomic E-state index is 8.71. The monoisotopic (exact) mass is 246 g/mol. The normalized spacial score (nSPS) is 11.8. The van der Waals surface area contributed by atoms with Crippen LogP contribution >= 0.6 is 0 Å². The van der Waals surface area contributed by atoms with E-state index < -0.39 is 0 Å². The molecule has 18 heavy (non-hydrogen) atoms. The molecule has 2 heterocycles. The second kappa shape index (κ2) is 4.82. The average molecular weight is 246 g/mol. The summed E-state index contributed by atoms with van der Waals surface area (Å²) in [5, 5.41) is 11.7. The first-order valence-corrected chi connectivity index (χ1v) is 5.52. The van der Waals surface area contributed by atoms with Crippen LogP contribution in [0, 0.1) is 6.92 Å². The van der Waals surface area contributed by atoms with Crippen LogP contribution in [-0.4, -0.2) is 30.6 Å². The standard InChI is InChI=1S/C11H14N6O/c1-3-8-6-9(15-7(2)14-8)17-5-4-13-11(17)10(12)16-18/h4-6,18H,3H2,1-2H3,(H2,12,16). The summed E-state index contributed by atoms with van der Waals surface area (Å²) in [7, 11) is 0. The van der Waals surface area contributed by atoms with E-state index in [9.17, 15) is 0 Å². The van der Waals surface area contributed by atoms with Gasteiger partial charge in [-0.2, -0.15) is 0 Å². The predicted octanol–water partition coefficient (Wildman–Crippen LogP) is 0.628. The number of hydrogen-bond donors (Lipinski definition) is 2. The summed E-state index contributed by atoms with van der Waals surface area (Å²) < 4.78 is 1.66. The van der Waals surface area contributed by atoms with E-state index in [1.165, 1.54) is 0 Å². The van der Waals surface area contributed by atoms with Crippen molar-refractivity contribution in [1.82, 2.24) is 19.5 Å². The zero-order chi connectivity index (χ0) is 13.1. The van der Waals surface area contributed by atoms with Crippen LogP contribution in [0.3, 0.4) is 0 Å². The summed E-state index contributed by atoms with van der Waals surface area (Å²) in [5.41, 5.74) is 6.49. The molecule has 0 aliphatic rings. The van der Waals surface area contributed by atoms with E-state index in [0.29, 0.717) is 17.5 Å². The Bertz CT molecular complexity index is 589. The lowest BCUT2D eigenvalue weighted by Gasteiger charge is -2.08. The molecule has 0 unspecified atom stereocenters. The van der Waals surface area contributed by atoms with Gasteiger partial charge in [-0.15, -0.1) is 0 Å². The van der Waals surface area contributed by atoms with Crippen molar-refractivity contribution in [3.05, 3.63) is 35.8 Å². The van der Waals surface area contributed by atoms with Gasteiger partial charge < -0.3 is 10.9 Å². The van der Waals surface area contributed by atoms with Gasteiger partial charge in [0.15, 0.2) is 5.82 Å². The number of aryl methyl sites for hydroxylation is 2. The Labute approximate surface area is 104 Å². The fourth-order valence-electron chi connectivity index (χ4n) is 1.64. The molecule has 0 aliphatic carbocycles. The number of nitrogens with zero attached hydrogens (tertiary/aromatic N) is 5. The molecular formula is C11H14N6O. The summed E-state index contributed by atoms with van der Waals surface area (Å²) in [5.74, 6) is 1.61. The Morgan fingerprint density at radius 3 is 2.94 bits per heavy atom. The highest BCUT2D eigenvalue weighted by Gasteiger charge is 2.11. The summed E-state index contributed by atoms with van der Waals surface area (Å²) in [4.78, 5) is 12.7. The number of imidazole rings is 1. The summed E-state index contributed by atoms with van der Waals surface area (Å²) >= 11 is 0. The number of amidine groups is 1. The lowest BCUT2D eigenvalue weighted by atomic mass is 10.3. The van der Waals surface area contributed by atoms with E-state index >= 15 is 0 Å². The molecule has 7 heteroatoms. The van der Waals surface area contributed by atoms with E-state index in [4.69, 9.17) is 10.9 Å². The van der Waals surface area contributed by atoms with Gasteiger partial charge in [-0.25, -0.2) is 15.0 Å². The smallest absolute Gasteiger partial charge is 0.206 e. The van der Waals surface area contributed by atoms with Crippen molar-refractivity contribution in [1.29, 1.82) is 0 Å². The number of rotatable bonds is 3. The number of nitrogens with two attached hydrogens (primary N) is 1. The fraction of sp³-hybridized carbons (Fsp3) is 0.273. The first kappa shape index (κ1) is 12.0. The number of hydrogen-bond acceptors (Lipinski definition) is 5. The highest BCUT2D eigenvalue weighted by atomic mass is 16.4. The average Bonchev–Trinajstić information content (AvgIpc) is 2.86. The van der Waals surface area contributed by atoms with Crippen molar-refractivity contribution in [2.24, 2.45) is 10.9 Å². The molecule has 0 atom stereocenters. The van der Waals surface area contributed by atoms with Crippen LogP contribution in [-0.2, 0) is 6.42 Å². The first-order chi connectivity index (χ1) is 8.65. The van der Waals surface area contributed by atoms with E-state index in [2.05, 4.69) is 20.1 Å². The first-order valence-electron chi connectivity index (χ1n) is 5.52. The van der Waals surface area contributed by atoms with Crippen molar-refractivity contribution >= 4 is 5.84 Å². The van der Waals surface area contributed by atoms with Gasteiger partial charge >= 0.3 is 0 Å². The van der Waals surface area contributed by atoms with Gasteiger partial charge in [0.1, 0.15) is 11.6 Å². The maximum atomic E-state index is 8.71. The molecule has 0 saturated heterocycles. The van der Waals surface area contributed by atoms with Gasteiger partial charge in [-0.1, -0.05) is 12.1 Å². The highest BCUT2D eigenvalue weighted by Crippen LogP contribution is 2.10. The van der Waals surface area contributed by atoms with Crippen molar-refractivity contribution in [3.8, 4) is 5.82 Å². The minimum absolute atomic E-state index is 0.0608.